The third-order valence-corrected chi connectivity index (χ3v) is 9.82. The zero-order valence-corrected chi connectivity index (χ0v) is 27.0. The van der Waals surface area contributed by atoms with E-state index in [9.17, 15) is 0 Å². The highest BCUT2D eigenvalue weighted by molar-refractivity contribution is 6.12. The molecule has 10 rings (SSSR count). The van der Waals surface area contributed by atoms with E-state index in [2.05, 4.69) is 132 Å². The first-order chi connectivity index (χ1) is 26.9. The van der Waals surface area contributed by atoms with Crippen LogP contribution < -0.4 is 0 Å². The van der Waals surface area contributed by atoms with Crippen LogP contribution in [0.4, 0.5) is 0 Å². The SMILES string of the molecule is [2H]c1c([2H])c([2H])c(-n2c3ccccc3c3cc(-c4ccc5c(c4)c4ccccc4n5-c4cccc(-c5ccc(-c6ccccc6)cc5)c4)ccc32)c([2H])c1[2H]. The average Bonchev–Trinajstić information content (AvgIpc) is 3.75. The standard InChI is InChI=1S/C48H32N2/c1-3-12-33(13-4-1)34-22-24-35(25-23-34)36-14-11-17-40(30-36)50-46-21-10-8-19-42(46)44-32-38(27-29-48(44)50)37-26-28-47-43(31-37)41-18-7-9-20-45(41)49(47)39-15-5-2-6-16-39/h1-32H/i2D,5D,6D,15D,16D. The van der Waals surface area contributed by atoms with Gasteiger partial charge in [-0.15, -0.1) is 0 Å². The van der Waals surface area contributed by atoms with Crippen LogP contribution in [-0.2, 0) is 0 Å². The predicted molar refractivity (Wildman–Crippen MR) is 211 cm³/mol. The van der Waals surface area contributed by atoms with Crippen LogP contribution in [0.5, 0.6) is 0 Å². The molecule has 0 aliphatic carbocycles. The van der Waals surface area contributed by atoms with Crippen molar-refractivity contribution in [2.45, 2.75) is 0 Å². The Bertz CT molecular complexity index is 3110. The molecule has 0 saturated carbocycles. The molecule has 8 aromatic carbocycles. The molecular weight excluding hydrogens is 605 g/mol. The number of hydrogen-bond donors (Lipinski definition) is 0. The van der Waals surface area contributed by atoms with Crippen LogP contribution in [-0.4, -0.2) is 9.13 Å². The number of para-hydroxylation sites is 3. The fraction of sp³-hybridized carbons (Fsp3) is 0. The van der Waals surface area contributed by atoms with E-state index in [1.807, 2.05) is 36.4 Å². The second-order valence-corrected chi connectivity index (χ2v) is 12.6. The highest BCUT2D eigenvalue weighted by Gasteiger charge is 2.16. The molecule has 0 aliphatic heterocycles. The zero-order chi connectivity index (χ0) is 37.4. The Kier molecular flexibility index (Phi) is 5.44. The Morgan fingerprint density at radius 2 is 0.740 bits per heavy atom. The fourth-order valence-electron chi connectivity index (χ4n) is 7.49. The number of benzene rings is 8. The van der Waals surface area contributed by atoms with Crippen molar-refractivity contribution in [3.05, 3.63) is 194 Å². The molecule has 2 nitrogen and oxygen atoms in total. The number of hydrogen-bond acceptors (Lipinski definition) is 0. The highest BCUT2D eigenvalue weighted by Crippen LogP contribution is 2.38. The van der Waals surface area contributed by atoms with Crippen LogP contribution in [0.25, 0.3) is 88.4 Å². The maximum absolute atomic E-state index is 8.74. The van der Waals surface area contributed by atoms with Gasteiger partial charge in [0.1, 0.15) is 0 Å². The zero-order valence-electron chi connectivity index (χ0n) is 32.0. The Morgan fingerprint density at radius 3 is 1.36 bits per heavy atom. The van der Waals surface area contributed by atoms with Crippen molar-refractivity contribution in [2.24, 2.45) is 0 Å². The van der Waals surface area contributed by atoms with Gasteiger partial charge in [-0.25, -0.2) is 0 Å². The fourth-order valence-corrected chi connectivity index (χ4v) is 7.49. The summed E-state index contributed by atoms with van der Waals surface area (Å²) in [5.74, 6) is 0. The molecule has 50 heavy (non-hydrogen) atoms. The largest absolute Gasteiger partial charge is 0.309 e. The van der Waals surface area contributed by atoms with E-state index in [4.69, 9.17) is 6.85 Å². The van der Waals surface area contributed by atoms with Crippen molar-refractivity contribution in [3.8, 4) is 44.8 Å². The molecule has 0 spiro atoms. The van der Waals surface area contributed by atoms with Crippen LogP contribution in [0.15, 0.2) is 194 Å². The minimum absolute atomic E-state index is 0.146. The Morgan fingerprint density at radius 1 is 0.300 bits per heavy atom. The summed E-state index contributed by atoms with van der Waals surface area (Å²) in [5.41, 5.74) is 11.8. The lowest BCUT2D eigenvalue weighted by Crippen LogP contribution is -1.94. The van der Waals surface area contributed by atoms with Gasteiger partial charge in [-0.2, -0.15) is 0 Å². The van der Waals surface area contributed by atoms with Crippen LogP contribution in [0.1, 0.15) is 6.85 Å². The molecule has 0 saturated heterocycles. The van der Waals surface area contributed by atoms with E-state index in [0.717, 1.165) is 71.6 Å². The van der Waals surface area contributed by atoms with Crippen LogP contribution in [0.2, 0.25) is 0 Å². The van der Waals surface area contributed by atoms with E-state index in [0.29, 0.717) is 0 Å². The van der Waals surface area contributed by atoms with Gasteiger partial charge in [0.2, 0.25) is 0 Å². The van der Waals surface area contributed by atoms with Gasteiger partial charge < -0.3 is 9.13 Å². The van der Waals surface area contributed by atoms with E-state index in [1.165, 1.54) is 11.1 Å². The van der Waals surface area contributed by atoms with Crippen molar-refractivity contribution in [2.75, 3.05) is 0 Å². The van der Waals surface area contributed by atoms with Gasteiger partial charge in [0.15, 0.2) is 0 Å². The van der Waals surface area contributed by atoms with Crippen LogP contribution >= 0.6 is 0 Å². The smallest absolute Gasteiger partial charge is 0.0645 e. The first-order valence-corrected chi connectivity index (χ1v) is 16.8. The maximum Gasteiger partial charge on any atom is 0.0645 e. The summed E-state index contributed by atoms with van der Waals surface area (Å²) in [5, 5.41) is 4.19. The van der Waals surface area contributed by atoms with Crippen LogP contribution in [0.3, 0.4) is 0 Å². The summed E-state index contributed by atoms with van der Waals surface area (Å²) < 4.78 is 46.5. The summed E-state index contributed by atoms with van der Waals surface area (Å²) in [4.78, 5) is 0. The summed E-state index contributed by atoms with van der Waals surface area (Å²) in [6.45, 7) is 0. The lowest BCUT2D eigenvalue weighted by atomic mass is 10.00. The van der Waals surface area contributed by atoms with E-state index >= 15 is 0 Å². The molecule has 2 heteroatoms. The Labute approximate surface area is 297 Å². The molecule has 0 amide bonds. The molecule has 0 unspecified atom stereocenters. The highest BCUT2D eigenvalue weighted by atomic mass is 15.0. The van der Waals surface area contributed by atoms with Crippen molar-refractivity contribution in [1.29, 1.82) is 0 Å². The molecule has 234 valence electrons. The van der Waals surface area contributed by atoms with E-state index in [-0.39, 0.29) is 29.9 Å². The van der Waals surface area contributed by atoms with Crippen molar-refractivity contribution < 1.29 is 6.85 Å². The lowest BCUT2D eigenvalue weighted by Gasteiger charge is -2.11. The van der Waals surface area contributed by atoms with Crippen molar-refractivity contribution in [1.82, 2.24) is 9.13 Å². The van der Waals surface area contributed by atoms with Gasteiger partial charge in [-0.05, 0) is 94.0 Å². The molecule has 0 radical (unpaired) electrons. The second kappa shape index (κ2) is 11.5. The van der Waals surface area contributed by atoms with Crippen LogP contribution in [0, 0.1) is 0 Å². The van der Waals surface area contributed by atoms with E-state index < -0.39 is 6.04 Å². The van der Waals surface area contributed by atoms with Gasteiger partial charge in [-0.3, -0.25) is 0 Å². The van der Waals surface area contributed by atoms with Gasteiger partial charge in [-0.1, -0.05) is 133 Å². The second-order valence-electron chi connectivity index (χ2n) is 12.6. The summed E-state index contributed by atoms with van der Waals surface area (Å²) in [6.07, 6.45) is 0. The molecule has 10 aromatic rings. The molecule has 2 heterocycles. The monoisotopic (exact) mass is 641 g/mol. The average molecular weight is 642 g/mol. The topological polar surface area (TPSA) is 9.86 Å². The molecule has 0 atom stereocenters. The van der Waals surface area contributed by atoms with Gasteiger partial charge >= 0.3 is 0 Å². The number of rotatable bonds is 5. The minimum atomic E-state index is -0.403. The Balaban J connectivity index is 1.09. The van der Waals surface area contributed by atoms with Gasteiger partial charge in [0, 0.05) is 32.9 Å². The molecule has 0 bridgehead atoms. The molecule has 2 aromatic heterocycles. The third-order valence-electron chi connectivity index (χ3n) is 9.82. The first kappa shape index (κ1) is 23.6. The lowest BCUT2D eigenvalue weighted by molar-refractivity contribution is 1.18. The third kappa shape index (κ3) is 4.57. The molecular formula is C48H32N2. The minimum Gasteiger partial charge on any atom is -0.309 e. The van der Waals surface area contributed by atoms with Crippen molar-refractivity contribution >= 4 is 43.6 Å². The molecule has 0 fully saturated rings. The van der Waals surface area contributed by atoms with Gasteiger partial charge in [0.25, 0.3) is 0 Å². The number of fused-ring (bicyclic) bond motifs is 6. The first-order valence-electron chi connectivity index (χ1n) is 19.3. The molecule has 0 aliphatic rings. The Hall–Kier alpha value is -6.64. The summed E-state index contributed by atoms with van der Waals surface area (Å²) in [6, 6.07) is 55.5. The maximum atomic E-state index is 8.74. The molecule has 0 N–H and O–H groups in total. The summed E-state index contributed by atoms with van der Waals surface area (Å²) >= 11 is 0. The van der Waals surface area contributed by atoms with Crippen molar-refractivity contribution in [3.63, 3.8) is 0 Å². The predicted octanol–water partition coefficient (Wildman–Crippen LogP) is 12.9. The summed E-state index contributed by atoms with van der Waals surface area (Å²) in [7, 11) is 0. The quantitative estimate of drug-likeness (QED) is 0.177. The normalized spacial score (nSPS) is 13.0. The number of aromatic nitrogens is 2. The van der Waals surface area contributed by atoms with Gasteiger partial charge in [0.05, 0.1) is 28.9 Å². The number of nitrogens with zero attached hydrogens (tertiary/aromatic N) is 2. The van der Waals surface area contributed by atoms with E-state index in [1.54, 1.807) is 4.57 Å².